The maximum Gasteiger partial charge on any atom is 0.471 e. The predicted octanol–water partition coefficient (Wildman–Crippen LogP) is 1.44. The molecule has 134 valence electrons. The fraction of sp³-hybridized carbons (Fsp3) is 0.333. The first-order valence-corrected chi connectivity index (χ1v) is 7.06. The van der Waals surface area contributed by atoms with Crippen LogP contribution in [0.2, 0.25) is 0 Å². The number of ether oxygens (including phenoxy) is 1. The molecule has 2 rings (SSSR count). The number of amides is 1. The SMILES string of the molecule is COC(=O)[C@H](CC(=O)c1cnc2cc(C)ccn12)NC(=O)C(F)(F)F. The highest BCUT2D eigenvalue weighted by Gasteiger charge is 2.41. The Labute approximate surface area is 139 Å². The largest absolute Gasteiger partial charge is 0.471 e. The fourth-order valence-electron chi connectivity index (χ4n) is 2.15. The molecule has 0 bridgehead atoms. The first-order valence-electron chi connectivity index (χ1n) is 7.06. The summed E-state index contributed by atoms with van der Waals surface area (Å²) in [4.78, 5) is 39.0. The molecule has 0 aliphatic carbocycles. The van der Waals surface area contributed by atoms with Crippen LogP contribution in [0.5, 0.6) is 0 Å². The van der Waals surface area contributed by atoms with E-state index in [4.69, 9.17) is 0 Å². The average molecular weight is 357 g/mol. The van der Waals surface area contributed by atoms with Crippen LogP contribution in [0.1, 0.15) is 22.5 Å². The van der Waals surface area contributed by atoms with Gasteiger partial charge in [0.05, 0.1) is 13.3 Å². The number of ketones is 1. The molecule has 1 amide bonds. The first kappa shape index (κ1) is 18.4. The van der Waals surface area contributed by atoms with Gasteiger partial charge in [0.25, 0.3) is 0 Å². The number of carbonyl (C=O) groups is 3. The number of rotatable bonds is 5. The van der Waals surface area contributed by atoms with E-state index in [0.717, 1.165) is 12.7 Å². The number of nitrogens with zero attached hydrogens (tertiary/aromatic N) is 2. The van der Waals surface area contributed by atoms with Crippen LogP contribution < -0.4 is 5.32 Å². The number of aryl methyl sites for hydroxylation is 1. The molecule has 0 aromatic carbocycles. The summed E-state index contributed by atoms with van der Waals surface area (Å²) in [6.45, 7) is 1.83. The van der Waals surface area contributed by atoms with Gasteiger partial charge in [-0.2, -0.15) is 13.2 Å². The van der Waals surface area contributed by atoms with Crippen LogP contribution in [-0.2, 0) is 14.3 Å². The molecule has 0 unspecified atom stereocenters. The van der Waals surface area contributed by atoms with Crippen LogP contribution in [0, 0.1) is 6.92 Å². The predicted molar refractivity (Wildman–Crippen MR) is 78.9 cm³/mol. The summed E-state index contributed by atoms with van der Waals surface area (Å²) in [5.41, 5.74) is 1.45. The van der Waals surface area contributed by atoms with E-state index in [1.807, 2.05) is 6.92 Å². The van der Waals surface area contributed by atoms with Gasteiger partial charge in [-0.3, -0.25) is 14.0 Å². The van der Waals surface area contributed by atoms with E-state index in [1.54, 1.807) is 18.3 Å². The van der Waals surface area contributed by atoms with Crippen molar-refractivity contribution in [3.05, 3.63) is 35.8 Å². The van der Waals surface area contributed by atoms with Gasteiger partial charge in [-0.05, 0) is 24.6 Å². The highest BCUT2D eigenvalue weighted by molar-refractivity contribution is 5.99. The number of fused-ring (bicyclic) bond motifs is 1. The number of carbonyl (C=O) groups excluding carboxylic acids is 3. The van der Waals surface area contributed by atoms with Crippen LogP contribution in [0.25, 0.3) is 5.65 Å². The fourth-order valence-corrected chi connectivity index (χ4v) is 2.15. The number of nitrogens with one attached hydrogen (secondary N) is 1. The highest BCUT2D eigenvalue weighted by atomic mass is 19.4. The molecule has 2 heterocycles. The summed E-state index contributed by atoms with van der Waals surface area (Å²) in [7, 11) is 0.941. The zero-order valence-corrected chi connectivity index (χ0v) is 13.3. The lowest BCUT2D eigenvalue weighted by molar-refractivity contribution is -0.175. The minimum atomic E-state index is -5.18. The summed E-state index contributed by atoms with van der Waals surface area (Å²) >= 11 is 0. The standard InChI is InChI=1S/C15H14F3N3O4/c1-8-3-4-21-10(7-19-12(21)5-8)11(22)6-9(13(23)25-2)20-14(24)15(16,17)18/h3-5,7,9H,6H2,1-2H3,(H,20,24)/t9-/m0/s1. The third-order valence-corrected chi connectivity index (χ3v) is 3.39. The molecule has 0 aliphatic rings. The smallest absolute Gasteiger partial charge is 0.467 e. The number of imidazole rings is 1. The summed E-state index contributed by atoms with van der Waals surface area (Å²) in [6.07, 6.45) is -3.06. The molecule has 0 saturated heterocycles. The van der Waals surface area contributed by atoms with Crippen molar-refractivity contribution in [2.45, 2.75) is 25.6 Å². The Morgan fingerprint density at radius 2 is 2.04 bits per heavy atom. The molecular weight excluding hydrogens is 343 g/mol. The van der Waals surface area contributed by atoms with E-state index in [9.17, 15) is 27.6 Å². The second kappa shape index (κ2) is 6.91. The van der Waals surface area contributed by atoms with Crippen LogP contribution in [0.15, 0.2) is 24.5 Å². The summed E-state index contributed by atoms with van der Waals surface area (Å²) in [6, 6.07) is 1.66. The molecule has 0 aliphatic heterocycles. The summed E-state index contributed by atoms with van der Waals surface area (Å²) < 4.78 is 42.9. The van der Waals surface area contributed by atoms with Crippen LogP contribution in [0.3, 0.4) is 0 Å². The highest BCUT2D eigenvalue weighted by Crippen LogP contribution is 2.16. The van der Waals surface area contributed by atoms with Crippen molar-refractivity contribution < 1.29 is 32.3 Å². The third-order valence-electron chi connectivity index (χ3n) is 3.39. The molecule has 2 aromatic heterocycles. The molecule has 0 radical (unpaired) electrons. The maximum atomic E-state index is 12.4. The number of esters is 1. The van der Waals surface area contributed by atoms with Gasteiger partial charge in [0.1, 0.15) is 17.4 Å². The number of alkyl halides is 3. The lowest BCUT2D eigenvalue weighted by Crippen LogP contribution is -2.48. The Morgan fingerprint density at radius 3 is 2.64 bits per heavy atom. The zero-order valence-electron chi connectivity index (χ0n) is 13.3. The number of halogens is 3. The average Bonchev–Trinajstić information content (AvgIpc) is 2.95. The number of Topliss-reactive ketones (excluding diaryl/α,β-unsaturated/α-hetero) is 1. The minimum absolute atomic E-state index is 0.0742. The van der Waals surface area contributed by atoms with Crippen molar-refractivity contribution in [3.8, 4) is 0 Å². The molecule has 0 saturated carbocycles. The van der Waals surface area contributed by atoms with Crippen molar-refractivity contribution in [3.63, 3.8) is 0 Å². The molecule has 1 N–H and O–H groups in total. The molecule has 7 nitrogen and oxygen atoms in total. The van der Waals surface area contributed by atoms with E-state index < -0.39 is 36.3 Å². The number of aromatic nitrogens is 2. The topological polar surface area (TPSA) is 89.8 Å². The molecule has 0 fully saturated rings. The van der Waals surface area contributed by atoms with E-state index in [1.165, 1.54) is 15.9 Å². The zero-order chi connectivity index (χ0) is 18.8. The molecule has 0 spiro atoms. The van der Waals surface area contributed by atoms with E-state index in [2.05, 4.69) is 9.72 Å². The van der Waals surface area contributed by atoms with Gasteiger partial charge < -0.3 is 10.1 Å². The van der Waals surface area contributed by atoms with Crippen molar-refractivity contribution >= 4 is 23.3 Å². The summed E-state index contributed by atoms with van der Waals surface area (Å²) in [5.74, 6) is -4.16. The van der Waals surface area contributed by atoms with E-state index in [-0.39, 0.29) is 5.69 Å². The quantitative estimate of drug-likeness (QED) is 0.646. The van der Waals surface area contributed by atoms with Crippen LogP contribution in [-0.4, -0.2) is 46.4 Å². The second-order valence-corrected chi connectivity index (χ2v) is 5.25. The van der Waals surface area contributed by atoms with Crippen molar-refractivity contribution in [1.82, 2.24) is 14.7 Å². The molecular formula is C15H14F3N3O4. The Balaban J connectivity index is 2.23. The van der Waals surface area contributed by atoms with Gasteiger partial charge >= 0.3 is 18.1 Å². The lowest BCUT2D eigenvalue weighted by atomic mass is 10.1. The van der Waals surface area contributed by atoms with Gasteiger partial charge in [0.2, 0.25) is 0 Å². The van der Waals surface area contributed by atoms with Gasteiger partial charge in [0.15, 0.2) is 5.78 Å². The van der Waals surface area contributed by atoms with Gasteiger partial charge in [-0.15, -0.1) is 0 Å². The number of pyridine rings is 1. The Bertz CT molecular complexity index is 829. The molecule has 2 aromatic rings. The first-order chi connectivity index (χ1) is 11.6. The summed E-state index contributed by atoms with van der Waals surface area (Å²) in [5, 5.41) is 1.47. The Morgan fingerprint density at radius 1 is 1.36 bits per heavy atom. The van der Waals surface area contributed by atoms with E-state index >= 15 is 0 Å². The number of hydrogen-bond donors (Lipinski definition) is 1. The van der Waals surface area contributed by atoms with Gasteiger partial charge in [-0.25, -0.2) is 9.78 Å². The molecule has 10 heteroatoms. The Kier molecular flexibility index (Phi) is 5.10. The second-order valence-electron chi connectivity index (χ2n) is 5.25. The molecule has 25 heavy (non-hydrogen) atoms. The maximum absolute atomic E-state index is 12.4. The van der Waals surface area contributed by atoms with Gasteiger partial charge in [-0.1, -0.05) is 0 Å². The van der Waals surface area contributed by atoms with Crippen LogP contribution in [0.4, 0.5) is 13.2 Å². The van der Waals surface area contributed by atoms with Crippen molar-refractivity contribution in [1.29, 1.82) is 0 Å². The van der Waals surface area contributed by atoms with Gasteiger partial charge in [0, 0.05) is 12.6 Å². The number of methoxy groups -OCH3 is 1. The van der Waals surface area contributed by atoms with E-state index in [0.29, 0.717) is 5.65 Å². The van der Waals surface area contributed by atoms with Crippen molar-refractivity contribution in [2.24, 2.45) is 0 Å². The lowest BCUT2D eigenvalue weighted by Gasteiger charge is -2.16. The van der Waals surface area contributed by atoms with Crippen molar-refractivity contribution in [2.75, 3.05) is 7.11 Å². The number of hydrogen-bond acceptors (Lipinski definition) is 5. The third kappa shape index (κ3) is 4.14. The minimum Gasteiger partial charge on any atom is -0.467 e. The van der Waals surface area contributed by atoms with Crippen LogP contribution >= 0.6 is 0 Å². The normalized spacial score (nSPS) is 12.7. The Hall–Kier alpha value is -2.91. The monoisotopic (exact) mass is 357 g/mol. The molecule has 1 atom stereocenters.